The number of rotatable bonds is 4. The molecule has 1 aromatic rings. The molecule has 1 aromatic carbocycles. The first-order valence-corrected chi connectivity index (χ1v) is 5.64. The molecule has 0 heterocycles. The van der Waals surface area contributed by atoms with Gasteiger partial charge in [0.25, 0.3) is 0 Å². The molecule has 5 heteroatoms. The average molecular weight is 334 g/mol. The Kier molecular flexibility index (Phi) is 4.75. The summed E-state index contributed by atoms with van der Waals surface area (Å²) in [5, 5.41) is 27.6. The smallest absolute Gasteiger partial charge is 0.327 e. The van der Waals surface area contributed by atoms with E-state index in [0.29, 0.717) is 5.56 Å². The molecule has 3 N–H and O–H groups in total. The van der Waals surface area contributed by atoms with Crippen molar-refractivity contribution >= 4 is 28.6 Å². The summed E-state index contributed by atoms with van der Waals surface area (Å²) in [7, 11) is 0. The van der Waals surface area contributed by atoms with Gasteiger partial charge >= 0.3 is 5.97 Å². The molecule has 4 nitrogen and oxygen atoms in total. The monoisotopic (exact) mass is 334 g/mol. The van der Waals surface area contributed by atoms with Gasteiger partial charge in [-0.3, -0.25) is 0 Å². The molecule has 0 unspecified atom stereocenters. The van der Waals surface area contributed by atoms with Crippen LogP contribution in [-0.2, 0) is 4.79 Å². The summed E-state index contributed by atoms with van der Waals surface area (Å²) in [6, 6.07) is 4.88. The van der Waals surface area contributed by atoms with E-state index in [4.69, 9.17) is 5.11 Å². The van der Waals surface area contributed by atoms with Gasteiger partial charge in [-0.15, -0.1) is 0 Å². The van der Waals surface area contributed by atoms with Crippen molar-refractivity contribution in [2.45, 2.75) is 12.5 Å². The van der Waals surface area contributed by atoms with E-state index in [1.54, 1.807) is 12.1 Å². The summed E-state index contributed by atoms with van der Waals surface area (Å²) in [4.78, 5) is 10.2. The Morgan fingerprint density at radius 2 is 2.19 bits per heavy atom. The van der Waals surface area contributed by atoms with Crippen LogP contribution in [0.15, 0.2) is 30.4 Å². The van der Waals surface area contributed by atoms with Crippen molar-refractivity contribution in [3.8, 4) is 5.75 Å². The molecular formula is C11H11IO4. The molecule has 0 fully saturated rings. The quantitative estimate of drug-likeness (QED) is 0.582. The average Bonchev–Trinajstić information content (AvgIpc) is 2.21. The zero-order valence-electron chi connectivity index (χ0n) is 8.30. The Labute approximate surface area is 106 Å². The number of carboxylic acids is 1. The van der Waals surface area contributed by atoms with E-state index in [1.165, 1.54) is 12.1 Å². The van der Waals surface area contributed by atoms with Gasteiger partial charge in [0.1, 0.15) is 5.75 Å². The molecule has 0 aliphatic heterocycles. The Hall–Kier alpha value is -1.08. The molecule has 16 heavy (non-hydrogen) atoms. The molecule has 0 aromatic heterocycles. The highest BCUT2D eigenvalue weighted by Crippen LogP contribution is 2.28. The van der Waals surface area contributed by atoms with E-state index in [2.05, 4.69) is 22.6 Å². The number of benzene rings is 1. The molecule has 0 aliphatic carbocycles. The number of phenols is 1. The minimum atomic E-state index is -1.06. The molecule has 0 bridgehead atoms. The SMILES string of the molecule is O=C(O)/C=C/C[C@H](O)c1cc(I)ccc1O. The molecular weight excluding hydrogens is 323 g/mol. The lowest BCUT2D eigenvalue weighted by Crippen LogP contribution is -1.97. The van der Waals surface area contributed by atoms with Gasteiger partial charge in [-0.25, -0.2) is 4.79 Å². The fourth-order valence-corrected chi connectivity index (χ4v) is 1.73. The summed E-state index contributed by atoms with van der Waals surface area (Å²) in [5.41, 5.74) is 0.405. The summed E-state index contributed by atoms with van der Waals surface area (Å²) in [6.07, 6.45) is 1.57. The molecule has 1 rings (SSSR count). The first-order chi connectivity index (χ1) is 7.50. The van der Waals surface area contributed by atoms with Gasteiger partial charge in [-0.2, -0.15) is 0 Å². The Morgan fingerprint density at radius 3 is 2.81 bits per heavy atom. The first kappa shape index (κ1) is 13.0. The van der Waals surface area contributed by atoms with Crippen molar-refractivity contribution in [2.24, 2.45) is 0 Å². The van der Waals surface area contributed by atoms with Crippen molar-refractivity contribution in [3.63, 3.8) is 0 Å². The highest BCUT2D eigenvalue weighted by atomic mass is 127. The Bertz CT molecular complexity index is 414. The van der Waals surface area contributed by atoms with Crippen LogP contribution in [-0.4, -0.2) is 21.3 Å². The number of carbonyl (C=O) groups is 1. The number of hydrogen-bond donors (Lipinski definition) is 3. The van der Waals surface area contributed by atoms with Gasteiger partial charge in [0, 0.05) is 15.2 Å². The van der Waals surface area contributed by atoms with Crippen LogP contribution in [0.1, 0.15) is 18.1 Å². The maximum Gasteiger partial charge on any atom is 0.327 e. The van der Waals surface area contributed by atoms with Gasteiger partial charge in [-0.1, -0.05) is 6.08 Å². The second-order valence-corrected chi connectivity index (χ2v) is 4.44. The Morgan fingerprint density at radius 1 is 1.50 bits per heavy atom. The molecule has 86 valence electrons. The van der Waals surface area contributed by atoms with Crippen LogP contribution in [0.3, 0.4) is 0 Å². The van der Waals surface area contributed by atoms with Crippen LogP contribution in [0, 0.1) is 3.57 Å². The second kappa shape index (κ2) is 5.86. The van der Waals surface area contributed by atoms with Crippen LogP contribution < -0.4 is 0 Å². The van der Waals surface area contributed by atoms with Gasteiger partial charge in [-0.05, 0) is 47.2 Å². The fraction of sp³-hybridized carbons (Fsp3) is 0.182. The molecule has 1 atom stereocenters. The fourth-order valence-electron chi connectivity index (χ4n) is 1.22. The summed E-state index contributed by atoms with van der Waals surface area (Å²) < 4.78 is 0.895. The highest BCUT2D eigenvalue weighted by molar-refractivity contribution is 14.1. The van der Waals surface area contributed by atoms with Crippen molar-refractivity contribution < 1.29 is 20.1 Å². The van der Waals surface area contributed by atoms with Crippen LogP contribution >= 0.6 is 22.6 Å². The number of aromatic hydroxyl groups is 1. The third-order valence-electron chi connectivity index (χ3n) is 1.97. The van der Waals surface area contributed by atoms with E-state index < -0.39 is 12.1 Å². The van der Waals surface area contributed by atoms with Crippen LogP contribution in [0.4, 0.5) is 0 Å². The predicted molar refractivity (Wildman–Crippen MR) is 67.2 cm³/mol. The minimum Gasteiger partial charge on any atom is -0.508 e. The van der Waals surface area contributed by atoms with Gasteiger partial charge in [0.2, 0.25) is 0 Å². The number of halogens is 1. The van der Waals surface area contributed by atoms with E-state index >= 15 is 0 Å². The third-order valence-corrected chi connectivity index (χ3v) is 2.64. The maximum absolute atomic E-state index is 10.2. The van der Waals surface area contributed by atoms with Gasteiger partial charge in [0.15, 0.2) is 0 Å². The van der Waals surface area contributed by atoms with Gasteiger partial charge in [0.05, 0.1) is 6.10 Å². The largest absolute Gasteiger partial charge is 0.508 e. The lowest BCUT2D eigenvalue weighted by Gasteiger charge is -2.10. The van der Waals surface area contributed by atoms with Crippen molar-refractivity contribution in [2.75, 3.05) is 0 Å². The third kappa shape index (κ3) is 3.82. The summed E-state index contributed by atoms with van der Waals surface area (Å²) >= 11 is 2.07. The first-order valence-electron chi connectivity index (χ1n) is 4.56. The van der Waals surface area contributed by atoms with E-state index in [9.17, 15) is 15.0 Å². The highest BCUT2D eigenvalue weighted by Gasteiger charge is 2.11. The number of aliphatic hydroxyl groups is 1. The van der Waals surface area contributed by atoms with E-state index in [0.717, 1.165) is 9.65 Å². The van der Waals surface area contributed by atoms with E-state index in [-0.39, 0.29) is 12.2 Å². The second-order valence-electron chi connectivity index (χ2n) is 3.20. The van der Waals surface area contributed by atoms with Crippen LogP contribution in [0.25, 0.3) is 0 Å². The molecule has 0 amide bonds. The molecule has 0 spiro atoms. The molecule has 0 radical (unpaired) electrons. The van der Waals surface area contributed by atoms with Crippen LogP contribution in [0.2, 0.25) is 0 Å². The lowest BCUT2D eigenvalue weighted by molar-refractivity contribution is -0.131. The van der Waals surface area contributed by atoms with Crippen molar-refractivity contribution in [3.05, 3.63) is 39.5 Å². The molecule has 0 saturated carbocycles. The number of hydrogen-bond acceptors (Lipinski definition) is 3. The summed E-state index contributed by atoms with van der Waals surface area (Å²) in [6.45, 7) is 0. The predicted octanol–water partition coefficient (Wildman–Crippen LogP) is 2.06. The maximum atomic E-state index is 10.2. The van der Waals surface area contributed by atoms with Crippen molar-refractivity contribution in [1.29, 1.82) is 0 Å². The number of aliphatic carboxylic acids is 1. The molecule has 0 saturated heterocycles. The topological polar surface area (TPSA) is 77.8 Å². The number of aliphatic hydroxyl groups excluding tert-OH is 1. The number of phenolic OH excluding ortho intramolecular Hbond substituents is 1. The Balaban J connectivity index is 2.76. The standard InChI is InChI=1S/C11H11IO4/c12-7-4-5-10(14)8(6-7)9(13)2-1-3-11(15)16/h1,3-6,9,13-14H,2H2,(H,15,16)/b3-1+/t9-/m0/s1. The normalized spacial score (nSPS) is 12.9. The van der Waals surface area contributed by atoms with Gasteiger partial charge < -0.3 is 15.3 Å². The lowest BCUT2D eigenvalue weighted by atomic mass is 10.1. The summed E-state index contributed by atoms with van der Waals surface area (Å²) in [5.74, 6) is -1.05. The molecule has 0 aliphatic rings. The number of carboxylic acid groups (broad SMARTS) is 1. The van der Waals surface area contributed by atoms with Crippen molar-refractivity contribution in [1.82, 2.24) is 0 Å². The van der Waals surface area contributed by atoms with E-state index in [1.807, 2.05) is 0 Å². The zero-order valence-corrected chi connectivity index (χ0v) is 10.5. The zero-order chi connectivity index (χ0) is 12.1. The minimum absolute atomic E-state index is 0.0108. The van der Waals surface area contributed by atoms with Crippen LogP contribution in [0.5, 0.6) is 5.75 Å².